The molecule has 0 aliphatic rings. The van der Waals surface area contributed by atoms with Gasteiger partial charge in [-0.25, -0.2) is 4.79 Å². The van der Waals surface area contributed by atoms with Gasteiger partial charge in [-0.3, -0.25) is 4.79 Å². The van der Waals surface area contributed by atoms with Crippen molar-refractivity contribution in [1.82, 2.24) is 0 Å². The van der Waals surface area contributed by atoms with Crippen molar-refractivity contribution in [3.05, 3.63) is 0 Å². The van der Waals surface area contributed by atoms with E-state index < -0.39 is 17.3 Å². The molecule has 0 rings (SSSR count). The molecule has 0 fully saturated rings. The molecule has 0 aromatic rings. The van der Waals surface area contributed by atoms with Gasteiger partial charge in [-0.15, -0.1) is 0 Å². The molecule has 0 aliphatic heterocycles. The molecule has 58 valence electrons. The number of aliphatic carboxylic acids is 1. The Morgan fingerprint density at radius 3 is 2.50 bits per heavy atom. The van der Waals surface area contributed by atoms with Crippen molar-refractivity contribution in [3.63, 3.8) is 0 Å². The maximum atomic E-state index is 10.0. The molecule has 0 aromatic heterocycles. The Hall–Kier alpha value is -0.610. The summed E-state index contributed by atoms with van der Waals surface area (Å²) >= 11 is 4.87. The zero-order valence-corrected chi connectivity index (χ0v) is 6.09. The maximum Gasteiger partial charge on any atom is 0.332 e. The van der Waals surface area contributed by atoms with Gasteiger partial charge >= 0.3 is 5.97 Å². The third kappa shape index (κ3) is 4.29. The summed E-state index contributed by atoms with van der Waals surface area (Å²) in [6.45, 7) is 0.956. The molecule has 1 atom stereocenters. The predicted octanol–water partition coefficient (Wildman–Crippen LogP) is 0.241. The smallest absolute Gasteiger partial charge is 0.332 e. The lowest BCUT2D eigenvalue weighted by Gasteiger charge is -2.03. The molecular formula is C5H7ClO4. The number of halogens is 1. The highest BCUT2D eigenvalue weighted by Gasteiger charge is 2.11. The maximum absolute atomic E-state index is 10.0. The van der Waals surface area contributed by atoms with Crippen molar-refractivity contribution in [2.45, 2.75) is 13.0 Å². The van der Waals surface area contributed by atoms with Crippen LogP contribution >= 0.6 is 11.6 Å². The second-order valence-corrected chi connectivity index (χ2v) is 2.07. The molecule has 0 heterocycles. The van der Waals surface area contributed by atoms with E-state index in [4.69, 9.17) is 16.7 Å². The minimum atomic E-state index is -1.11. The molecule has 0 aromatic carbocycles. The second-order valence-electron chi connectivity index (χ2n) is 1.65. The number of carbonyl (C=O) groups excluding carboxylic acids is 1. The summed E-state index contributed by atoms with van der Waals surface area (Å²) in [5.41, 5.74) is 0. The number of ether oxygens (including phenoxy) is 1. The van der Waals surface area contributed by atoms with Crippen molar-refractivity contribution in [2.75, 3.05) is 6.61 Å². The second kappa shape index (κ2) is 4.24. The van der Waals surface area contributed by atoms with Crippen LogP contribution in [0.2, 0.25) is 0 Å². The predicted molar refractivity (Wildman–Crippen MR) is 33.9 cm³/mol. The standard InChI is InChI=1S/C5H7ClO4/c1-3(5(8)9)10-2-4(6)7/h3H,2H2,1H3,(H,8,9). The van der Waals surface area contributed by atoms with E-state index in [1.165, 1.54) is 6.92 Å². The Balaban J connectivity index is 3.49. The highest BCUT2D eigenvalue weighted by atomic mass is 35.5. The van der Waals surface area contributed by atoms with Gasteiger partial charge in [0.25, 0.3) is 0 Å². The normalized spacial score (nSPS) is 12.6. The molecule has 1 unspecified atom stereocenters. The van der Waals surface area contributed by atoms with Crippen LogP contribution < -0.4 is 0 Å². The van der Waals surface area contributed by atoms with E-state index >= 15 is 0 Å². The van der Waals surface area contributed by atoms with Gasteiger partial charge in [-0.05, 0) is 18.5 Å². The van der Waals surface area contributed by atoms with Gasteiger partial charge in [0, 0.05) is 0 Å². The highest BCUT2D eigenvalue weighted by molar-refractivity contribution is 6.63. The van der Waals surface area contributed by atoms with Crippen LogP contribution in [0.4, 0.5) is 0 Å². The Morgan fingerprint density at radius 1 is 1.70 bits per heavy atom. The van der Waals surface area contributed by atoms with Crippen molar-refractivity contribution >= 4 is 22.8 Å². The number of carboxylic acid groups (broad SMARTS) is 1. The van der Waals surface area contributed by atoms with E-state index in [1.807, 2.05) is 0 Å². The van der Waals surface area contributed by atoms with Gasteiger partial charge in [-0.2, -0.15) is 0 Å². The lowest BCUT2D eigenvalue weighted by atomic mass is 10.4. The first-order valence-corrected chi connectivity index (χ1v) is 2.94. The van der Waals surface area contributed by atoms with Crippen LogP contribution in [0.1, 0.15) is 6.92 Å². The molecule has 0 spiro atoms. The Labute approximate surface area is 62.7 Å². The van der Waals surface area contributed by atoms with Gasteiger partial charge in [-0.1, -0.05) is 0 Å². The van der Waals surface area contributed by atoms with E-state index in [2.05, 4.69) is 4.74 Å². The molecule has 0 saturated carbocycles. The summed E-state index contributed by atoms with van der Waals surface area (Å²) in [6, 6.07) is 0. The quantitative estimate of drug-likeness (QED) is 0.608. The molecule has 0 saturated heterocycles. The van der Waals surface area contributed by atoms with E-state index in [0.29, 0.717) is 0 Å². The lowest BCUT2D eigenvalue weighted by molar-refractivity contribution is -0.149. The Morgan fingerprint density at radius 2 is 2.20 bits per heavy atom. The van der Waals surface area contributed by atoms with Crippen LogP contribution in [0.3, 0.4) is 0 Å². The Kier molecular flexibility index (Phi) is 3.99. The van der Waals surface area contributed by atoms with E-state index in [0.717, 1.165) is 0 Å². The van der Waals surface area contributed by atoms with Crippen molar-refractivity contribution in [1.29, 1.82) is 0 Å². The zero-order chi connectivity index (χ0) is 8.15. The largest absolute Gasteiger partial charge is 0.479 e. The van der Waals surface area contributed by atoms with Gasteiger partial charge in [0.05, 0.1) is 0 Å². The summed E-state index contributed by atoms with van der Waals surface area (Å²) < 4.78 is 4.48. The molecular weight excluding hydrogens is 160 g/mol. The lowest BCUT2D eigenvalue weighted by Crippen LogP contribution is -2.21. The molecule has 10 heavy (non-hydrogen) atoms. The van der Waals surface area contributed by atoms with Crippen LogP contribution in [-0.4, -0.2) is 29.0 Å². The fraction of sp³-hybridized carbons (Fsp3) is 0.600. The molecule has 0 bridgehead atoms. The minimum Gasteiger partial charge on any atom is -0.479 e. The molecule has 0 amide bonds. The van der Waals surface area contributed by atoms with Gasteiger partial charge in [0.2, 0.25) is 5.24 Å². The molecule has 1 N–H and O–H groups in total. The molecule has 0 aliphatic carbocycles. The van der Waals surface area contributed by atoms with Crippen LogP contribution in [-0.2, 0) is 14.3 Å². The topological polar surface area (TPSA) is 63.6 Å². The number of hydrogen-bond acceptors (Lipinski definition) is 3. The van der Waals surface area contributed by atoms with Crippen LogP contribution in [0.15, 0.2) is 0 Å². The van der Waals surface area contributed by atoms with Crippen molar-refractivity contribution in [3.8, 4) is 0 Å². The van der Waals surface area contributed by atoms with E-state index in [9.17, 15) is 9.59 Å². The van der Waals surface area contributed by atoms with E-state index in [-0.39, 0.29) is 6.61 Å². The number of carboxylic acids is 1. The molecule has 4 nitrogen and oxygen atoms in total. The summed E-state index contributed by atoms with van der Waals surface area (Å²) in [4.78, 5) is 20.1. The van der Waals surface area contributed by atoms with Crippen LogP contribution in [0.5, 0.6) is 0 Å². The summed E-state index contributed by atoms with van der Waals surface area (Å²) in [6.07, 6.45) is -0.984. The SMILES string of the molecule is CC(OCC(=O)Cl)C(=O)O. The summed E-state index contributed by atoms with van der Waals surface area (Å²) in [5.74, 6) is -1.11. The minimum absolute atomic E-state index is 0.366. The summed E-state index contributed by atoms with van der Waals surface area (Å²) in [5, 5.41) is 7.51. The molecule has 5 heteroatoms. The zero-order valence-electron chi connectivity index (χ0n) is 5.33. The fourth-order valence-corrected chi connectivity index (χ4v) is 0.325. The monoisotopic (exact) mass is 166 g/mol. The third-order valence-electron chi connectivity index (χ3n) is 0.795. The number of carbonyl (C=O) groups is 2. The van der Waals surface area contributed by atoms with Crippen LogP contribution in [0.25, 0.3) is 0 Å². The Bertz CT molecular complexity index is 145. The first-order chi connectivity index (χ1) is 4.54. The van der Waals surface area contributed by atoms with Crippen molar-refractivity contribution in [2.24, 2.45) is 0 Å². The van der Waals surface area contributed by atoms with Gasteiger partial charge in [0.15, 0.2) is 6.10 Å². The first-order valence-electron chi connectivity index (χ1n) is 2.56. The highest BCUT2D eigenvalue weighted by Crippen LogP contribution is 1.91. The van der Waals surface area contributed by atoms with Crippen molar-refractivity contribution < 1.29 is 19.4 Å². The average molecular weight is 167 g/mol. The van der Waals surface area contributed by atoms with E-state index in [1.54, 1.807) is 0 Å². The fourth-order valence-electron chi connectivity index (χ4n) is 0.262. The number of rotatable bonds is 4. The van der Waals surface area contributed by atoms with Gasteiger partial charge in [0.1, 0.15) is 6.61 Å². The average Bonchev–Trinajstić information content (AvgIpc) is 1.82. The third-order valence-corrected chi connectivity index (χ3v) is 0.904. The molecule has 0 radical (unpaired) electrons. The van der Waals surface area contributed by atoms with Gasteiger partial charge < -0.3 is 9.84 Å². The summed E-state index contributed by atoms with van der Waals surface area (Å²) in [7, 11) is 0. The number of hydrogen-bond donors (Lipinski definition) is 1. The van der Waals surface area contributed by atoms with Crippen LogP contribution in [0, 0.1) is 0 Å². The first kappa shape index (κ1) is 9.39.